The molecule has 0 unspecified atom stereocenters. The van der Waals surface area contributed by atoms with Gasteiger partial charge in [-0.25, -0.2) is 0 Å². The zero-order chi connectivity index (χ0) is 15.9. The summed E-state index contributed by atoms with van der Waals surface area (Å²) in [7, 11) is 2.71. The van der Waals surface area contributed by atoms with Crippen molar-refractivity contribution in [2.75, 3.05) is 34.8 Å². The Hall–Kier alpha value is -0.960. The van der Waals surface area contributed by atoms with Crippen molar-refractivity contribution in [3.05, 3.63) is 12.7 Å². The van der Waals surface area contributed by atoms with Crippen LogP contribution >= 0.6 is 0 Å². The van der Waals surface area contributed by atoms with Gasteiger partial charge in [0.2, 0.25) is 5.91 Å². The molecule has 0 aliphatic heterocycles. The standard InChI is InChI=1S/C7H13NO.C3H9N.CH4O4S/c1-3-5-6-8-7(9)4-2;1-4(2)3;1-5-6(2,3)4/h4H,2-3,5-6H2,1H3,(H,8,9);1-3H3;1H3,(H,2,3,4). The number of carbonyl (C=O) groups excluding carboxylic acids is 1. The average molecular weight is 298 g/mol. The van der Waals surface area contributed by atoms with E-state index in [0.717, 1.165) is 26.5 Å². The third kappa shape index (κ3) is 47.2. The van der Waals surface area contributed by atoms with Crippen LogP contribution in [-0.4, -0.2) is 58.6 Å². The molecule has 116 valence electrons. The van der Waals surface area contributed by atoms with E-state index in [0.29, 0.717) is 0 Å². The van der Waals surface area contributed by atoms with Crippen molar-refractivity contribution >= 4 is 16.3 Å². The van der Waals surface area contributed by atoms with Crippen LogP contribution in [0, 0.1) is 0 Å². The lowest BCUT2D eigenvalue weighted by atomic mass is 10.3. The van der Waals surface area contributed by atoms with Crippen molar-refractivity contribution < 1.29 is 21.9 Å². The number of nitrogens with one attached hydrogen (secondary N) is 1. The van der Waals surface area contributed by atoms with Gasteiger partial charge in [0.15, 0.2) is 0 Å². The van der Waals surface area contributed by atoms with Crippen LogP contribution in [0.5, 0.6) is 0 Å². The van der Waals surface area contributed by atoms with Crippen LogP contribution in [0.3, 0.4) is 0 Å². The Morgan fingerprint density at radius 3 is 2.00 bits per heavy atom. The topological polar surface area (TPSA) is 95.9 Å². The van der Waals surface area contributed by atoms with Crippen molar-refractivity contribution in [1.82, 2.24) is 10.2 Å². The molecule has 19 heavy (non-hydrogen) atoms. The van der Waals surface area contributed by atoms with Gasteiger partial charge in [0.1, 0.15) is 0 Å². The number of rotatable bonds is 5. The van der Waals surface area contributed by atoms with E-state index in [1.54, 1.807) is 0 Å². The molecule has 0 aliphatic carbocycles. The van der Waals surface area contributed by atoms with Crippen molar-refractivity contribution in [3.63, 3.8) is 0 Å². The molecule has 1 amide bonds. The minimum absolute atomic E-state index is 0.0801. The normalized spacial score (nSPS) is 9.63. The van der Waals surface area contributed by atoms with E-state index in [1.807, 2.05) is 26.0 Å². The first kappa shape index (κ1) is 23.2. The minimum atomic E-state index is -4.16. The summed E-state index contributed by atoms with van der Waals surface area (Å²) in [5.74, 6) is -0.0801. The Morgan fingerprint density at radius 2 is 1.79 bits per heavy atom. The van der Waals surface area contributed by atoms with Crippen LogP contribution in [0.1, 0.15) is 19.8 Å². The van der Waals surface area contributed by atoms with E-state index in [9.17, 15) is 13.2 Å². The predicted molar refractivity (Wildman–Crippen MR) is 76.3 cm³/mol. The van der Waals surface area contributed by atoms with Gasteiger partial charge in [0, 0.05) is 6.54 Å². The lowest BCUT2D eigenvalue weighted by Crippen LogP contribution is -2.21. The summed E-state index contributed by atoms with van der Waals surface area (Å²) in [5, 5.41) is 2.68. The van der Waals surface area contributed by atoms with Gasteiger partial charge in [-0.1, -0.05) is 19.9 Å². The number of nitrogens with zero attached hydrogens (tertiary/aromatic N) is 1. The molecule has 0 rings (SSSR count). The van der Waals surface area contributed by atoms with E-state index in [-0.39, 0.29) is 5.91 Å². The Kier molecular flexibility index (Phi) is 18.4. The van der Waals surface area contributed by atoms with Crippen molar-refractivity contribution in [2.45, 2.75) is 19.8 Å². The highest BCUT2D eigenvalue weighted by molar-refractivity contribution is 7.80. The third-order valence-electron chi connectivity index (χ3n) is 1.23. The molecular formula is C11H26N2O5S. The lowest BCUT2D eigenvalue weighted by molar-refractivity contribution is -0.116. The van der Waals surface area contributed by atoms with Gasteiger partial charge in [0.25, 0.3) is 0 Å². The second-order valence-electron chi connectivity index (χ2n) is 3.78. The molecule has 0 bridgehead atoms. The van der Waals surface area contributed by atoms with Crippen molar-refractivity contribution in [2.24, 2.45) is 0 Å². The zero-order valence-electron chi connectivity index (χ0n) is 12.3. The van der Waals surface area contributed by atoms with Gasteiger partial charge in [-0.15, -0.1) is 0 Å². The van der Waals surface area contributed by atoms with Crippen LogP contribution in [0.15, 0.2) is 12.7 Å². The van der Waals surface area contributed by atoms with E-state index >= 15 is 0 Å². The Labute approximate surface area is 116 Å². The highest BCUT2D eigenvalue weighted by Gasteiger charge is 1.94. The van der Waals surface area contributed by atoms with E-state index in [2.05, 4.69) is 23.0 Å². The molecule has 0 heterocycles. The molecule has 0 aromatic carbocycles. The summed E-state index contributed by atoms with van der Waals surface area (Å²) in [5.41, 5.74) is 0. The summed E-state index contributed by atoms with van der Waals surface area (Å²) in [4.78, 5) is 12.5. The van der Waals surface area contributed by atoms with Gasteiger partial charge in [0.05, 0.1) is 7.11 Å². The van der Waals surface area contributed by atoms with E-state index in [4.69, 9.17) is 4.55 Å². The Balaban J connectivity index is -0.000000222. The van der Waals surface area contributed by atoms with Crippen LogP contribution < -0.4 is 5.32 Å². The molecule has 0 atom stereocenters. The maximum Gasteiger partial charge on any atom is 0.397 e. The SMILES string of the molecule is C=CC(=O)NCCCC.CN(C)C.COS(=O)(=O)O. The molecule has 0 fully saturated rings. The molecular weight excluding hydrogens is 272 g/mol. The quantitative estimate of drug-likeness (QED) is 0.441. The minimum Gasteiger partial charge on any atom is -0.353 e. The number of unbranched alkanes of at least 4 members (excludes halogenated alkanes) is 1. The fourth-order valence-electron chi connectivity index (χ4n) is 0.461. The lowest BCUT2D eigenvalue weighted by Gasteiger charge is -1.97. The van der Waals surface area contributed by atoms with Crippen LogP contribution in [0.25, 0.3) is 0 Å². The monoisotopic (exact) mass is 298 g/mol. The molecule has 0 aliphatic rings. The number of hydrogen-bond donors (Lipinski definition) is 2. The first-order chi connectivity index (χ1) is 8.60. The van der Waals surface area contributed by atoms with Gasteiger partial charge >= 0.3 is 10.4 Å². The molecule has 0 saturated heterocycles. The number of amides is 1. The summed E-state index contributed by atoms with van der Waals surface area (Å²) >= 11 is 0. The average Bonchev–Trinajstić information content (AvgIpc) is 2.28. The third-order valence-corrected chi connectivity index (χ3v) is 1.65. The predicted octanol–water partition coefficient (Wildman–Crippen LogP) is 0.702. The van der Waals surface area contributed by atoms with Gasteiger partial charge in [-0.3, -0.25) is 13.5 Å². The zero-order valence-corrected chi connectivity index (χ0v) is 13.2. The van der Waals surface area contributed by atoms with Gasteiger partial charge < -0.3 is 10.2 Å². The first-order valence-corrected chi connectivity index (χ1v) is 7.01. The largest absolute Gasteiger partial charge is 0.397 e. The first-order valence-electron chi connectivity index (χ1n) is 5.64. The second-order valence-corrected chi connectivity index (χ2v) is 4.97. The van der Waals surface area contributed by atoms with E-state index < -0.39 is 10.4 Å². The molecule has 0 aromatic rings. The highest BCUT2D eigenvalue weighted by atomic mass is 32.3. The summed E-state index contributed by atoms with van der Waals surface area (Å²) in [6.45, 7) is 6.18. The van der Waals surface area contributed by atoms with Crippen molar-refractivity contribution in [3.8, 4) is 0 Å². The summed E-state index contributed by atoms with van der Waals surface area (Å²) in [6, 6.07) is 0. The summed E-state index contributed by atoms with van der Waals surface area (Å²) < 4.78 is 29.7. The highest BCUT2D eigenvalue weighted by Crippen LogP contribution is 1.81. The Bertz CT molecular complexity index is 312. The fourth-order valence-corrected chi connectivity index (χ4v) is 0.461. The van der Waals surface area contributed by atoms with Crippen LogP contribution in [-0.2, 0) is 19.4 Å². The Morgan fingerprint density at radius 1 is 1.42 bits per heavy atom. The molecule has 0 spiro atoms. The van der Waals surface area contributed by atoms with Gasteiger partial charge in [-0.05, 0) is 33.6 Å². The summed E-state index contributed by atoms with van der Waals surface area (Å²) in [6.07, 6.45) is 3.44. The van der Waals surface area contributed by atoms with Crippen molar-refractivity contribution in [1.29, 1.82) is 0 Å². The smallest absolute Gasteiger partial charge is 0.353 e. The number of hydrogen-bond acceptors (Lipinski definition) is 5. The second kappa shape index (κ2) is 15.1. The maximum absolute atomic E-state index is 10.5. The maximum atomic E-state index is 10.5. The molecule has 7 nitrogen and oxygen atoms in total. The molecule has 2 N–H and O–H groups in total. The molecule has 0 radical (unpaired) electrons. The molecule has 8 heteroatoms. The van der Waals surface area contributed by atoms with Crippen LogP contribution in [0.2, 0.25) is 0 Å². The van der Waals surface area contributed by atoms with Gasteiger partial charge in [-0.2, -0.15) is 8.42 Å². The number of carbonyl (C=O) groups is 1. The van der Waals surface area contributed by atoms with Crippen LogP contribution in [0.4, 0.5) is 0 Å². The molecule has 0 saturated carbocycles. The van der Waals surface area contributed by atoms with E-state index in [1.165, 1.54) is 6.08 Å². The molecule has 0 aromatic heterocycles. The fraction of sp³-hybridized carbons (Fsp3) is 0.727.